The zero-order valence-corrected chi connectivity index (χ0v) is 16.9. The van der Waals surface area contributed by atoms with Gasteiger partial charge < -0.3 is 15.5 Å². The number of nitrogens with zero attached hydrogens (tertiary/aromatic N) is 1. The molecule has 2 aromatic rings. The Morgan fingerprint density at radius 2 is 1.68 bits per heavy atom. The molecule has 0 bridgehead atoms. The zero-order valence-electron chi connectivity index (χ0n) is 16.9. The van der Waals surface area contributed by atoms with Crippen LogP contribution in [0, 0.1) is 5.92 Å². The van der Waals surface area contributed by atoms with Crippen molar-refractivity contribution in [3.05, 3.63) is 65.2 Å². The summed E-state index contributed by atoms with van der Waals surface area (Å²) in [5, 5.41) is 5.92. The van der Waals surface area contributed by atoms with E-state index >= 15 is 0 Å². The van der Waals surface area contributed by atoms with Gasteiger partial charge in [0.15, 0.2) is 0 Å². The molecule has 28 heavy (non-hydrogen) atoms. The van der Waals surface area contributed by atoms with Gasteiger partial charge in [-0.05, 0) is 68.8 Å². The van der Waals surface area contributed by atoms with Gasteiger partial charge in [-0.2, -0.15) is 0 Å². The Balaban J connectivity index is 1.58. The van der Waals surface area contributed by atoms with Gasteiger partial charge in [-0.1, -0.05) is 31.2 Å². The van der Waals surface area contributed by atoms with Crippen LogP contribution in [0.1, 0.15) is 47.3 Å². The van der Waals surface area contributed by atoms with Crippen LogP contribution in [0.15, 0.2) is 48.5 Å². The van der Waals surface area contributed by atoms with Gasteiger partial charge in [-0.3, -0.25) is 9.59 Å². The maximum absolute atomic E-state index is 12.5. The number of hydrogen-bond acceptors (Lipinski definition) is 3. The molecule has 0 aliphatic heterocycles. The lowest BCUT2D eigenvalue weighted by molar-refractivity contribution is -0.117. The van der Waals surface area contributed by atoms with Crippen molar-refractivity contribution in [1.82, 2.24) is 10.2 Å². The molecule has 1 unspecified atom stereocenters. The molecule has 0 spiro atoms. The van der Waals surface area contributed by atoms with Crippen molar-refractivity contribution < 1.29 is 9.59 Å². The second kappa shape index (κ2) is 9.02. The smallest absolute Gasteiger partial charge is 0.251 e. The van der Waals surface area contributed by atoms with Crippen LogP contribution >= 0.6 is 0 Å². The average molecular weight is 380 g/mol. The van der Waals surface area contributed by atoms with Crippen LogP contribution in [0.2, 0.25) is 0 Å². The Labute approximate surface area is 167 Å². The molecule has 1 aliphatic rings. The number of benzene rings is 2. The van der Waals surface area contributed by atoms with Crippen LogP contribution in [-0.4, -0.2) is 37.4 Å². The van der Waals surface area contributed by atoms with Gasteiger partial charge in [0.1, 0.15) is 0 Å². The number of carbonyl (C=O) groups is 2. The van der Waals surface area contributed by atoms with Crippen molar-refractivity contribution in [2.24, 2.45) is 5.92 Å². The van der Waals surface area contributed by atoms with Crippen molar-refractivity contribution in [1.29, 1.82) is 0 Å². The molecule has 2 aromatic carbocycles. The molecule has 5 nitrogen and oxygen atoms in total. The highest BCUT2D eigenvalue weighted by molar-refractivity contribution is 5.96. The van der Waals surface area contributed by atoms with Crippen molar-refractivity contribution in [2.45, 2.75) is 32.2 Å². The molecule has 1 atom stereocenters. The standard InChI is InChI=1S/C23H29N3O2/c1-4-16-5-7-17(8-6-16)21(26(2)3)15-24-22(27)18-11-13-20(14-12-18)25-23(28)19-9-10-19/h5-8,11-14,19,21H,4,9-10,15H2,1-3H3,(H,24,27)(H,25,28). The molecule has 0 saturated heterocycles. The molecule has 5 heteroatoms. The molecule has 2 N–H and O–H groups in total. The maximum atomic E-state index is 12.5. The zero-order chi connectivity index (χ0) is 20.1. The summed E-state index contributed by atoms with van der Waals surface area (Å²) in [6, 6.07) is 15.7. The third kappa shape index (κ3) is 5.20. The third-order valence-corrected chi connectivity index (χ3v) is 5.21. The summed E-state index contributed by atoms with van der Waals surface area (Å²) < 4.78 is 0. The van der Waals surface area contributed by atoms with Gasteiger partial charge in [0.05, 0.1) is 6.04 Å². The lowest BCUT2D eigenvalue weighted by Gasteiger charge is -2.25. The highest BCUT2D eigenvalue weighted by Gasteiger charge is 2.29. The van der Waals surface area contributed by atoms with E-state index in [-0.39, 0.29) is 23.8 Å². The molecule has 3 rings (SSSR count). The predicted molar refractivity (Wildman–Crippen MR) is 112 cm³/mol. The summed E-state index contributed by atoms with van der Waals surface area (Å²) in [7, 11) is 4.03. The molecule has 1 aliphatic carbocycles. The minimum atomic E-state index is -0.114. The summed E-state index contributed by atoms with van der Waals surface area (Å²) in [5.41, 5.74) is 3.80. The van der Waals surface area contributed by atoms with Crippen LogP contribution in [0.3, 0.4) is 0 Å². The molecule has 0 heterocycles. The Morgan fingerprint density at radius 1 is 1.04 bits per heavy atom. The molecular formula is C23H29N3O2. The maximum Gasteiger partial charge on any atom is 0.251 e. The van der Waals surface area contributed by atoms with Gasteiger partial charge in [0, 0.05) is 23.7 Å². The topological polar surface area (TPSA) is 61.4 Å². The first kappa shape index (κ1) is 20.1. The van der Waals surface area contributed by atoms with Crippen LogP contribution in [0.4, 0.5) is 5.69 Å². The molecule has 148 valence electrons. The number of aryl methyl sites for hydroxylation is 1. The number of nitrogens with one attached hydrogen (secondary N) is 2. The molecule has 1 saturated carbocycles. The van der Waals surface area contributed by atoms with Gasteiger partial charge >= 0.3 is 0 Å². The fourth-order valence-corrected chi connectivity index (χ4v) is 3.16. The Hall–Kier alpha value is -2.66. The lowest BCUT2D eigenvalue weighted by atomic mass is 10.0. The monoisotopic (exact) mass is 379 g/mol. The second-order valence-corrected chi connectivity index (χ2v) is 7.63. The van der Waals surface area contributed by atoms with Gasteiger partial charge in [0.25, 0.3) is 5.91 Å². The average Bonchev–Trinajstić information content (AvgIpc) is 3.54. The quantitative estimate of drug-likeness (QED) is 0.736. The molecule has 0 radical (unpaired) electrons. The molecule has 1 fully saturated rings. The lowest BCUT2D eigenvalue weighted by Crippen LogP contribution is -2.34. The summed E-state index contributed by atoms with van der Waals surface area (Å²) in [6.07, 6.45) is 2.96. The van der Waals surface area contributed by atoms with Crippen molar-refractivity contribution >= 4 is 17.5 Å². The Kier molecular flexibility index (Phi) is 6.47. The van der Waals surface area contributed by atoms with E-state index in [0.29, 0.717) is 12.1 Å². The minimum Gasteiger partial charge on any atom is -0.350 e. The highest BCUT2D eigenvalue weighted by Crippen LogP contribution is 2.30. The number of anilines is 1. The largest absolute Gasteiger partial charge is 0.350 e. The van der Waals surface area contributed by atoms with Crippen LogP contribution in [0.25, 0.3) is 0 Å². The van der Waals surface area contributed by atoms with Crippen molar-refractivity contribution in [2.75, 3.05) is 26.0 Å². The Morgan fingerprint density at radius 3 is 2.21 bits per heavy atom. The van der Waals surface area contributed by atoms with Crippen LogP contribution in [-0.2, 0) is 11.2 Å². The first-order valence-corrected chi connectivity index (χ1v) is 9.92. The Bertz CT molecular complexity index is 809. The second-order valence-electron chi connectivity index (χ2n) is 7.63. The van der Waals surface area contributed by atoms with E-state index in [4.69, 9.17) is 0 Å². The molecule has 2 amide bonds. The van der Waals surface area contributed by atoms with Gasteiger partial charge in [0.2, 0.25) is 5.91 Å². The first-order chi connectivity index (χ1) is 13.5. The summed E-state index contributed by atoms with van der Waals surface area (Å²) in [6.45, 7) is 2.67. The highest BCUT2D eigenvalue weighted by atomic mass is 16.2. The van der Waals surface area contributed by atoms with E-state index in [1.54, 1.807) is 24.3 Å². The molecule has 0 aromatic heterocycles. The number of amides is 2. The van der Waals surface area contributed by atoms with E-state index in [2.05, 4.69) is 46.7 Å². The number of hydrogen-bond donors (Lipinski definition) is 2. The van der Waals surface area contributed by atoms with E-state index in [0.717, 1.165) is 24.9 Å². The van der Waals surface area contributed by atoms with Gasteiger partial charge in [-0.25, -0.2) is 0 Å². The molecular weight excluding hydrogens is 350 g/mol. The summed E-state index contributed by atoms with van der Waals surface area (Å²) in [5.74, 6) is 0.120. The summed E-state index contributed by atoms with van der Waals surface area (Å²) in [4.78, 5) is 26.5. The third-order valence-electron chi connectivity index (χ3n) is 5.21. The van der Waals surface area contributed by atoms with Crippen LogP contribution < -0.4 is 10.6 Å². The number of likely N-dealkylation sites (N-methyl/N-ethyl adjacent to an activating group) is 1. The van der Waals surface area contributed by atoms with Gasteiger partial charge in [-0.15, -0.1) is 0 Å². The normalized spacial score (nSPS) is 14.6. The predicted octanol–water partition coefficient (Wildman–Crippen LogP) is 3.63. The number of rotatable bonds is 8. The summed E-state index contributed by atoms with van der Waals surface area (Å²) >= 11 is 0. The van der Waals surface area contributed by atoms with Crippen LogP contribution in [0.5, 0.6) is 0 Å². The van der Waals surface area contributed by atoms with E-state index in [9.17, 15) is 9.59 Å². The van der Waals surface area contributed by atoms with Crippen molar-refractivity contribution in [3.63, 3.8) is 0 Å². The first-order valence-electron chi connectivity index (χ1n) is 9.92. The fourth-order valence-electron chi connectivity index (χ4n) is 3.16. The van der Waals surface area contributed by atoms with E-state index in [1.807, 2.05) is 14.1 Å². The van der Waals surface area contributed by atoms with E-state index in [1.165, 1.54) is 11.1 Å². The van der Waals surface area contributed by atoms with Crippen molar-refractivity contribution in [3.8, 4) is 0 Å². The number of carbonyl (C=O) groups excluding carboxylic acids is 2. The fraction of sp³-hybridized carbons (Fsp3) is 0.391. The van der Waals surface area contributed by atoms with E-state index < -0.39 is 0 Å². The minimum absolute atomic E-state index is 0.0696. The SMILES string of the molecule is CCc1ccc(C(CNC(=O)c2ccc(NC(=O)C3CC3)cc2)N(C)C)cc1.